The molecule has 7 heteroatoms. The van der Waals surface area contributed by atoms with Gasteiger partial charge >= 0.3 is 5.97 Å². The van der Waals surface area contributed by atoms with Gasteiger partial charge in [0.1, 0.15) is 12.2 Å². The molecule has 0 bridgehead atoms. The Morgan fingerprint density at radius 1 is 1.83 bits per heavy atom. The predicted octanol–water partition coefficient (Wildman–Crippen LogP) is 0.0598. The lowest BCUT2D eigenvalue weighted by atomic mass is 10.1. The summed E-state index contributed by atoms with van der Waals surface area (Å²) in [6, 6.07) is -2.23. The third kappa shape index (κ3) is 1.46. The van der Waals surface area contributed by atoms with Gasteiger partial charge in [-0.1, -0.05) is 5.11 Å². The molecule has 0 aromatic carbocycles. The van der Waals surface area contributed by atoms with E-state index in [2.05, 4.69) is 15.3 Å². The van der Waals surface area contributed by atoms with Crippen LogP contribution in [0.1, 0.15) is 0 Å². The molecule has 6 nitrogen and oxygen atoms in total. The Morgan fingerprint density at radius 2 is 2.50 bits per heavy atom. The molecule has 0 amide bonds. The number of nitrogens with zero attached hydrogens (tertiary/aromatic N) is 3. The molecule has 3 atom stereocenters. The van der Waals surface area contributed by atoms with Crippen molar-refractivity contribution in [2.75, 3.05) is 6.54 Å². The minimum Gasteiger partial charge on any atom is -0.480 e. The Bertz CT molecular complexity index is 240. The average Bonchev–Trinajstić information content (AvgIpc) is 2.34. The molecule has 1 aliphatic rings. The second-order valence-electron chi connectivity index (χ2n) is 2.44. The summed E-state index contributed by atoms with van der Waals surface area (Å²) in [5.74, 6) is -1.20. The number of rotatable bonds is 2. The van der Waals surface area contributed by atoms with E-state index in [-0.39, 0.29) is 6.54 Å². The van der Waals surface area contributed by atoms with Crippen LogP contribution >= 0.6 is 0 Å². The van der Waals surface area contributed by atoms with Crippen LogP contribution in [0.25, 0.3) is 10.4 Å². The van der Waals surface area contributed by atoms with Crippen molar-refractivity contribution in [1.82, 2.24) is 5.32 Å². The third-order valence-corrected chi connectivity index (χ3v) is 1.70. The number of carboxylic acids is 1. The van der Waals surface area contributed by atoms with Gasteiger partial charge in [0.05, 0.1) is 6.04 Å². The van der Waals surface area contributed by atoms with Crippen molar-refractivity contribution in [1.29, 1.82) is 0 Å². The lowest BCUT2D eigenvalue weighted by Crippen LogP contribution is -2.38. The van der Waals surface area contributed by atoms with Crippen molar-refractivity contribution in [3.8, 4) is 0 Å². The molecule has 0 spiro atoms. The van der Waals surface area contributed by atoms with Crippen molar-refractivity contribution in [2.45, 2.75) is 18.3 Å². The first kappa shape index (κ1) is 8.76. The van der Waals surface area contributed by atoms with Crippen LogP contribution in [0.4, 0.5) is 4.39 Å². The molecule has 1 saturated heterocycles. The zero-order chi connectivity index (χ0) is 9.14. The first-order valence-electron chi connectivity index (χ1n) is 3.31. The zero-order valence-electron chi connectivity index (χ0n) is 6.01. The van der Waals surface area contributed by atoms with Crippen molar-refractivity contribution < 1.29 is 14.3 Å². The molecule has 1 heterocycles. The molecule has 12 heavy (non-hydrogen) atoms. The third-order valence-electron chi connectivity index (χ3n) is 1.70. The lowest BCUT2D eigenvalue weighted by Gasteiger charge is -2.09. The maximum absolute atomic E-state index is 12.8. The summed E-state index contributed by atoms with van der Waals surface area (Å²) in [5.41, 5.74) is 8.01. The van der Waals surface area contributed by atoms with Gasteiger partial charge in [0.2, 0.25) is 0 Å². The average molecular weight is 174 g/mol. The van der Waals surface area contributed by atoms with Gasteiger partial charge in [0.25, 0.3) is 0 Å². The maximum atomic E-state index is 12.8. The summed E-state index contributed by atoms with van der Waals surface area (Å²) in [7, 11) is 0. The molecule has 0 aromatic rings. The van der Waals surface area contributed by atoms with Crippen LogP contribution in [0.15, 0.2) is 5.11 Å². The normalized spacial score (nSPS) is 34.2. The first-order chi connectivity index (χ1) is 5.66. The van der Waals surface area contributed by atoms with E-state index >= 15 is 0 Å². The van der Waals surface area contributed by atoms with Gasteiger partial charge in [-0.05, 0) is 5.53 Å². The molecule has 66 valence electrons. The van der Waals surface area contributed by atoms with Crippen LogP contribution in [0.2, 0.25) is 0 Å². The highest BCUT2D eigenvalue weighted by atomic mass is 19.1. The van der Waals surface area contributed by atoms with Crippen LogP contribution in [0, 0.1) is 0 Å². The van der Waals surface area contributed by atoms with Crippen LogP contribution < -0.4 is 5.32 Å². The summed E-state index contributed by atoms with van der Waals surface area (Å²) in [5, 5.41) is 14.0. The predicted molar refractivity (Wildman–Crippen MR) is 37.3 cm³/mol. The minimum absolute atomic E-state index is 0.0827. The van der Waals surface area contributed by atoms with E-state index in [0.29, 0.717) is 0 Å². The molecular weight excluding hydrogens is 167 g/mol. The number of hydrogen-bond acceptors (Lipinski definition) is 3. The monoisotopic (exact) mass is 174 g/mol. The van der Waals surface area contributed by atoms with Gasteiger partial charge in [0.15, 0.2) is 0 Å². The number of hydrogen-bond donors (Lipinski definition) is 2. The maximum Gasteiger partial charge on any atom is 0.321 e. The molecule has 1 aliphatic heterocycles. The smallest absolute Gasteiger partial charge is 0.321 e. The fourth-order valence-corrected chi connectivity index (χ4v) is 1.12. The van der Waals surface area contributed by atoms with E-state index in [0.717, 1.165) is 0 Å². The fourth-order valence-electron chi connectivity index (χ4n) is 1.12. The highest BCUT2D eigenvalue weighted by Crippen LogP contribution is 2.15. The summed E-state index contributed by atoms with van der Waals surface area (Å²) in [4.78, 5) is 12.8. The molecule has 0 aliphatic carbocycles. The van der Waals surface area contributed by atoms with Crippen LogP contribution in [0.5, 0.6) is 0 Å². The van der Waals surface area contributed by atoms with E-state index in [1.807, 2.05) is 0 Å². The van der Waals surface area contributed by atoms with E-state index in [9.17, 15) is 9.18 Å². The van der Waals surface area contributed by atoms with Gasteiger partial charge in [-0.2, -0.15) is 0 Å². The van der Waals surface area contributed by atoms with Gasteiger partial charge in [-0.25, -0.2) is 4.39 Å². The number of carbonyl (C=O) groups is 1. The number of nitrogens with one attached hydrogen (secondary N) is 1. The van der Waals surface area contributed by atoms with E-state index in [1.165, 1.54) is 0 Å². The number of aliphatic carboxylic acids is 1. The standard InChI is InChI=1S/C5H7FN4O2/c6-2-1-8-4(5(11)12)3(2)9-10-7/h2-4,8H,1H2,(H,11,12)/t2-,3+,4-/m0/s1. The van der Waals surface area contributed by atoms with E-state index < -0.39 is 24.2 Å². The fraction of sp³-hybridized carbons (Fsp3) is 0.800. The minimum atomic E-state index is -1.41. The van der Waals surface area contributed by atoms with E-state index in [4.69, 9.17) is 10.6 Å². The Hall–Kier alpha value is -1.33. The molecule has 0 radical (unpaired) electrons. The van der Waals surface area contributed by atoms with Crippen LogP contribution in [0.3, 0.4) is 0 Å². The van der Waals surface area contributed by atoms with Crippen LogP contribution in [-0.2, 0) is 4.79 Å². The highest BCUT2D eigenvalue weighted by molar-refractivity contribution is 5.75. The SMILES string of the molecule is [N-]=[N+]=N[C@H]1[C@@H](C(=O)O)NC[C@@H]1F. The summed E-state index contributed by atoms with van der Waals surface area (Å²) in [6.07, 6.45) is -1.41. The number of halogens is 1. The van der Waals surface area contributed by atoms with Gasteiger partial charge in [0, 0.05) is 11.5 Å². The number of alkyl halides is 1. The molecular formula is C5H7FN4O2. The van der Waals surface area contributed by atoms with Crippen LogP contribution in [-0.4, -0.2) is 35.9 Å². The summed E-state index contributed by atoms with van der Waals surface area (Å²) in [6.45, 7) is -0.0827. The summed E-state index contributed by atoms with van der Waals surface area (Å²) < 4.78 is 12.8. The molecule has 0 aromatic heterocycles. The number of azide groups is 1. The van der Waals surface area contributed by atoms with Gasteiger partial charge < -0.3 is 10.4 Å². The molecule has 2 N–H and O–H groups in total. The van der Waals surface area contributed by atoms with Gasteiger partial charge in [-0.15, -0.1) is 0 Å². The van der Waals surface area contributed by atoms with E-state index in [1.54, 1.807) is 0 Å². The Labute approximate surface area is 67.0 Å². The molecule has 0 saturated carbocycles. The quantitative estimate of drug-likeness (QED) is 0.351. The topological polar surface area (TPSA) is 98.1 Å². The highest BCUT2D eigenvalue weighted by Gasteiger charge is 2.39. The largest absolute Gasteiger partial charge is 0.480 e. The number of carboxylic acid groups (broad SMARTS) is 1. The Kier molecular flexibility index (Phi) is 2.47. The van der Waals surface area contributed by atoms with Crippen molar-refractivity contribution in [3.63, 3.8) is 0 Å². The van der Waals surface area contributed by atoms with Crippen molar-refractivity contribution >= 4 is 5.97 Å². The van der Waals surface area contributed by atoms with Gasteiger partial charge in [-0.3, -0.25) is 4.79 Å². The molecule has 0 unspecified atom stereocenters. The van der Waals surface area contributed by atoms with Crippen molar-refractivity contribution in [2.24, 2.45) is 5.11 Å². The molecule has 1 fully saturated rings. The Morgan fingerprint density at radius 3 is 3.00 bits per heavy atom. The zero-order valence-corrected chi connectivity index (χ0v) is 6.01. The Balaban J connectivity index is 2.76. The first-order valence-corrected chi connectivity index (χ1v) is 3.31. The molecule has 1 rings (SSSR count). The second-order valence-corrected chi connectivity index (χ2v) is 2.44. The second kappa shape index (κ2) is 3.38. The van der Waals surface area contributed by atoms with Crippen molar-refractivity contribution in [3.05, 3.63) is 10.4 Å². The summed E-state index contributed by atoms with van der Waals surface area (Å²) >= 11 is 0. The lowest BCUT2D eigenvalue weighted by molar-refractivity contribution is -0.139.